The maximum atomic E-state index is 13.3. The number of hydrogen-bond acceptors (Lipinski definition) is 4. The molecule has 2 N–H and O–H groups in total. The zero-order chi connectivity index (χ0) is 23.4. The van der Waals surface area contributed by atoms with Gasteiger partial charge in [-0.15, -0.1) is 0 Å². The van der Waals surface area contributed by atoms with Crippen LogP contribution in [0.25, 0.3) is 44.5 Å². The van der Waals surface area contributed by atoms with Gasteiger partial charge in [-0.3, -0.25) is 9.78 Å². The Morgan fingerprint density at radius 1 is 0.857 bits per heavy atom. The molecule has 3 aromatic carbocycles. The van der Waals surface area contributed by atoms with Crippen molar-refractivity contribution in [1.82, 2.24) is 19.9 Å². The molecule has 3 heterocycles. The van der Waals surface area contributed by atoms with Crippen LogP contribution >= 0.6 is 0 Å². The molecular weight excluding hydrogens is 434 g/mol. The van der Waals surface area contributed by atoms with Crippen LogP contribution in [-0.4, -0.2) is 25.8 Å². The second-order valence-corrected chi connectivity index (χ2v) is 8.64. The lowest BCUT2D eigenvalue weighted by Crippen LogP contribution is -2.14. The molecule has 0 aliphatic heterocycles. The number of aromatic amines is 1. The summed E-state index contributed by atoms with van der Waals surface area (Å²) in [5, 5.41) is 3.97. The van der Waals surface area contributed by atoms with Crippen LogP contribution in [0.5, 0.6) is 0 Å². The first-order valence-electron chi connectivity index (χ1n) is 11.5. The van der Waals surface area contributed by atoms with Crippen LogP contribution in [0.15, 0.2) is 91.4 Å². The van der Waals surface area contributed by atoms with Gasteiger partial charge in [0.1, 0.15) is 5.65 Å². The lowest BCUT2D eigenvalue weighted by atomic mass is 9.96. The quantitative estimate of drug-likeness (QED) is 0.344. The van der Waals surface area contributed by atoms with Crippen LogP contribution in [0, 0.1) is 0 Å². The normalized spacial score (nSPS) is 12.0. The summed E-state index contributed by atoms with van der Waals surface area (Å²) in [5.74, 6) is -0.159. The number of benzene rings is 3. The lowest BCUT2D eigenvalue weighted by Gasteiger charge is -2.15. The van der Waals surface area contributed by atoms with Crippen molar-refractivity contribution >= 4 is 33.7 Å². The number of carbonyl (C=O) groups excluding carboxylic acids is 1. The summed E-state index contributed by atoms with van der Waals surface area (Å²) in [6.45, 7) is 0. The van der Waals surface area contributed by atoms with Crippen molar-refractivity contribution in [3.63, 3.8) is 0 Å². The van der Waals surface area contributed by atoms with Gasteiger partial charge in [0.2, 0.25) is 0 Å². The number of pyridine rings is 1. The number of carbonyl (C=O) groups is 1. The molecular formula is C29H19N5O. The molecule has 0 unspecified atom stereocenters. The van der Waals surface area contributed by atoms with Gasteiger partial charge in [-0.25, -0.2) is 9.97 Å². The van der Waals surface area contributed by atoms with E-state index in [0.29, 0.717) is 11.2 Å². The maximum absolute atomic E-state index is 13.3. The molecule has 0 fully saturated rings. The summed E-state index contributed by atoms with van der Waals surface area (Å²) in [5.41, 5.74) is 10.2. The van der Waals surface area contributed by atoms with Gasteiger partial charge in [-0.1, -0.05) is 42.5 Å². The Hall–Kier alpha value is -4.84. The first-order chi connectivity index (χ1) is 17.3. The fraction of sp³-hybridized carbons (Fsp3) is 0.0345. The Bertz CT molecular complexity index is 1790. The zero-order valence-electron chi connectivity index (χ0n) is 18.6. The second kappa shape index (κ2) is 7.60. The highest BCUT2D eigenvalue weighted by molar-refractivity contribution is 6.13. The van der Waals surface area contributed by atoms with E-state index in [0.717, 1.165) is 50.9 Å². The molecule has 0 radical (unpaired) electrons. The van der Waals surface area contributed by atoms with E-state index in [1.54, 1.807) is 18.5 Å². The Kier molecular flexibility index (Phi) is 4.26. The molecule has 6 heteroatoms. The Balaban J connectivity index is 1.36. The number of anilines is 1. The minimum absolute atomic E-state index is 0.159. The van der Waals surface area contributed by atoms with Gasteiger partial charge in [-0.2, -0.15) is 0 Å². The third-order valence-corrected chi connectivity index (χ3v) is 6.64. The highest BCUT2D eigenvalue weighted by Crippen LogP contribution is 2.45. The zero-order valence-corrected chi connectivity index (χ0v) is 18.6. The van der Waals surface area contributed by atoms with Gasteiger partial charge in [0, 0.05) is 35.5 Å². The van der Waals surface area contributed by atoms with Crippen molar-refractivity contribution in [2.75, 3.05) is 5.32 Å². The molecule has 6 aromatic rings. The molecule has 0 saturated carbocycles. The molecule has 0 saturated heterocycles. The van der Waals surface area contributed by atoms with Crippen LogP contribution in [0.2, 0.25) is 0 Å². The molecule has 1 aliphatic rings. The van der Waals surface area contributed by atoms with Gasteiger partial charge in [-0.05, 0) is 52.6 Å². The summed E-state index contributed by atoms with van der Waals surface area (Å²) < 4.78 is 0. The van der Waals surface area contributed by atoms with E-state index < -0.39 is 0 Å². The molecule has 1 amide bonds. The smallest absolute Gasteiger partial charge is 0.256 e. The summed E-state index contributed by atoms with van der Waals surface area (Å²) >= 11 is 0. The molecule has 6 nitrogen and oxygen atoms in total. The summed E-state index contributed by atoms with van der Waals surface area (Å²) in [4.78, 5) is 30.2. The van der Waals surface area contributed by atoms with E-state index in [1.165, 1.54) is 11.1 Å². The molecule has 0 atom stereocenters. The molecule has 7 rings (SSSR count). The average Bonchev–Trinajstić information content (AvgIpc) is 3.54. The van der Waals surface area contributed by atoms with E-state index >= 15 is 0 Å². The third kappa shape index (κ3) is 3.11. The standard InChI is InChI=1S/C29H19N5O/c35-29(20-12-14-31-28-19(20)11-13-30-28)34-23-10-9-21(26-16-32-24-7-3-4-8-25(24)33-26)27-18-6-2-1-5-17(18)15-22(23)27/h1-14,16H,15H2,(H,30,31)(H,34,35). The second-order valence-electron chi connectivity index (χ2n) is 8.64. The number of H-pyrrole nitrogens is 1. The van der Waals surface area contributed by atoms with Crippen LogP contribution in [-0.2, 0) is 6.42 Å². The van der Waals surface area contributed by atoms with E-state index in [9.17, 15) is 4.79 Å². The number of fused-ring (bicyclic) bond motifs is 5. The van der Waals surface area contributed by atoms with Crippen LogP contribution in [0.3, 0.4) is 0 Å². The summed E-state index contributed by atoms with van der Waals surface area (Å²) in [7, 11) is 0. The molecule has 0 spiro atoms. The van der Waals surface area contributed by atoms with Gasteiger partial charge in [0.15, 0.2) is 0 Å². The number of nitrogens with one attached hydrogen (secondary N) is 2. The first kappa shape index (κ1) is 19.6. The summed E-state index contributed by atoms with van der Waals surface area (Å²) in [6.07, 6.45) is 6.01. The maximum Gasteiger partial charge on any atom is 0.256 e. The van der Waals surface area contributed by atoms with Crippen molar-refractivity contribution in [2.24, 2.45) is 0 Å². The molecule has 0 bridgehead atoms. The number of hydrogen-bond donors (Lipinski definition) is 2. The number of nitrogens with zero attached hydrogens (tertiary/aromatic N) is 3. The lowest BCUT2D eigenvalue weighted by molar-refractivity contribution is 0.102. The molecule has 3 aromatic heterocycles. The van der Waals surface area contributed by atoms with Crippen molar-refractivity contribution in [3.8, 4) is 22.4 Å². The van der Waals surface area contributed by atoms with E-state index in [2.05, 4.69) is 44.5 Å². The first-order valence-corrected chi connectivity index (χ1v) is 11.5. The van der Waals surface area contributed by atoms with Crippen molar-refractivity contribution in [2.45, 2.75) is 6.42 Å². The highest BCUT2D eigenvalue weighted by Gasteiger charge is 2.26. The number of para-hydroxylation sites is 2. The fourth-order valence-electron chi connectivity index (χ4n) is 5.01. The Labute approximate surface area is 200 Å². The van der Waals surface area contributed by atoms with E-state index in [4.69, 9.17) is 4.98 Å². The number of rotatable bonds is 3. The largest absolute Gasteiger partial charge is 0.346 e. The van der Waals surface area contributed by atoms with Gasteiger partial charge in [0.05, 0.1) is 28.5 Å². The molecule has 1 aliphatic carbocycles. The van der Waals surface area contributed by atoms with Gasteiger partial charge in [0.25, 0.3) is 5.91 Å². The van der Waals surface area contributed by atoms with Crippen LogP contribution in [0.1, 0.15) is 21.5 Å². The predicted octanol–water partition coefficient (Wildman–Crippen LogP) is 6.00. The number of aromatic nitrogens is 4. The van der Waals surface area contributed by atoms with Crippen molar-refractivity contribution in [3.05, 3.63) is 108 Å². The number of amides is 1. The molecule has 35 heavy (non-hydrogen) atoms. The topological polar surface area (TPSA) is 83.6 Å². The Morgan fingerprint density at radius 2 is 1.71 bits per heavy atom. The van der Waals surface area contributed by atoms with Crippen molar-refractivity contribution < 1.29 is 4.79 Å². The average molecular weight is 454 g/mol. The van der Waals surface area contributed by atoms with E-state index in [-0.39, 0.29) is 5.91 Å². The minimum Gasteiger partial charge on any atom is -0.346 e. The van der Waals surface area contributed by atoms with Gasteiger partial charge >= 0.3 is 0 Å². The van der Waals surface area contributed by atoms with Crippen LogP contribution in [0.4, 0.5) is 5.69 Å². The fourth-order valence-corrected chi connectivity index (χ4v) is 5.01. The van der Waals surface area contributed by atoms with Crippen LogP contribution < -0.4 is 5.32 Å². The minimum atomic E-state index is -0.159. The Morgan fingerprint density at radius 3 is 2.66 bits per heavy atom. The van der Waals surface area contributed by atoms with Gasteiger partial charge < -0.3 is 10.3 Å². The predicted molar refractivity (Wildman–Crippen MR) is 137 cm³/mol. The highest BCUT2D eigenvalue weighted by atomic mass is 16.1. The monoisotopic (exact) mass is 453 g/mol. The van der Waals surface area contributed by atoms with E-state index in [1.807, 2.05) is 48.7 Å². The molecule has 166 valence electrons. The summed E-state index contributed by atoms with van der Waals surface area (Å²) in [6, 6.07) is 23.9. The third-order valence-electron chi connectivity index (χ3n) is 6.64. The van der Waals surface area contributed by atoms with Crippen molar-refractivity contribution in [1.29, 1.82) is 0 Å². The SMILES string of the molecule is O=C(Nc1ccc(-c2cnc3ccccc3n2)c2c1Cc1ccccc1-2)c1ccnc2[nH]ccc12.